The van der Waals surface area contributed by atoms with E-state index in [2.05, 4.69) is 27.1 Å². The Morgan fingerprint density at radius 1 is 1.32 bits per heavy atom. The maximum absolute atomic E-state index is 11.8. The molecule has 1 N–H and O–H groups in total. The number of rotatable bonds is 6. The van der Waals surface area contributed by atoms with Crippen molar-refractivity contribution in [1.82, 2.24) is 20.0 Å². The van der Waals surface area contributed by atoms with Crippen molar-refractivity contribution in [2.24, 2.45) is 7.05 Å². The molecule has 0 aliphatic carbocycles. The zero-order valence-corrected chi connectivity index (χ0v) is 15.5. The van der Waals surface area contributed by atoms with Crippen molar-refractivity contribution in [2.45, 2.75) is 38.3 Å². The number of piperidine rings is 1. The number of ether oxygens (including phenoxy) is 1. The van der Waals surface area contributed by atoms with E-state index in [1.807, 2.05) is 0 Å². The molecule has 0 saturated carbocycles. The van der Waals surface area contributed by atoms with Crippen LogP contribution in [0.4, 0.5) is 5.69 Å². The van der Waals surface area contributed by atoms with Gasteiger partial charge in [-0.05, 0) is 45.4 Å². The van der Waals surface area contributed by atoms with Gasteiger partial charge in [-0.15, -0.1) is 0 Å². The minimum Gasteiger partial charge on any atom is -0.374 e. The first-order chi connectivity index (χ1) is 12.2. The van der Waals surface area contributed by atoms with Crippen LogP contribution in [0.25, 0.3) is 0 Å². The number of hydrogen-bond donors (Lipinski definition) is 1. The molecule has 2 aliphatic heterocycles. The van der Waals surface area contributed by atoms with E-state index >= 15 is 0 Å². The summed E-state index contributed by atoms with van der Waals surface area (Å²) in [6, 6.07) is 2.30. The minimum absolute atomic E-state index is 0.0689. The van der Waals surface area contributed by atoms with Gasteiger partial charge in [-0.2, -0.15) is 5.10 Å². The molecule has 3 rings (SSSR count). The average Bonchev–Trinajstić information content (AvgIpc) is 2.65. The van der Waals surface area contributed by atoms with Gasteiger partial charge in [-0.1, -0.05) is 6.92 Å². The summed E-state index contributed by atoms with van der Waals surface area (Å²) in [6.45, 7) is 9.14. The van der Waals surface area contributed by atoms with Crippen molar-refractivity contribution >= 4 is 5.69 Å². The topological polar surface area (TPSA) is 62.6 Å². The van der Waals surface area contributed by atoms with Crippen molar-refractivity contribution in [3.63, 3.8) is 0 Å². The molecule has 0 unspecified atom stereocenters. The summed E-state index contributed by atoms with van der Waals surface area (Å²) < 4.78 is 7.27. The van der Waals surface area contributed by atoms with Gasteiger partial charge in [-0.25, -0.2) is 4.68 Å². The molecule has 7 heteroatoms. The minimum atomic E-state index is -0.0689. The average molecular weight is 349 g/mol. The Hall–Kier alpha value is -1.44. The lowest BCUT2D eigenvalue weighted by molar-refractivity contribution is 0.0345. The third kappa shape index (κ3) is 5.03. The highest BCUT2D eigenvalue weighted by Crippen LogP contribution is 2.16. The van der Waals surface area contributed by atoms with E-state index in [0.717, 1.165) is 38.3 Å². The molecule has 1 atom stereocenters. The lowest BCUT2D eigenvalue weighted by atomic mass is 10.0. The number of likely N-dealkylation sites (tertiary alicyclic amines) is 1. The summed E-state index contributed by atoms with van der Waals surface area (Å²) in [5.74, 6) is 0. The van der Waals surface area contributed by atoms with Gasteiger partial charge in [0.05, 0.1) is 24.6 Å². The lowest BCUT2D eigenvalue weighted by Gasteiger charge is -2.35. The highest BCUT2D eigenvalue weighted by atomic mass is 16.5. The summed E-state index contributed by atoms with van der Waals surface area (Å²) in [6.07, 6.45) is 5.46. The van der Waals surface area contributed by atoms with Gasteiger partial charge in [0.2, 0.25) is 0 Å². The van der Waals surface area contributed by atoms with Crippen LogP contribution < -0.4 is 15.8 Å². The number of aromatic nitrogens is 2. The van der Waals surface area contributed by atoms with Crippen LogP contribution in [-0.4, -0.2) is 72.7 Å². The van der Waals surface area contributed by atoms with Crippen LogP contribution in [0.1, 0.15) is 26.2 Å². The fraction of sp³-hybridized carbons (Fsp3) is 0.778. The summed E-state index contributed by atoms with van der Waals surface area (Å²) in [7, 11) is 1.67. The highest BCUT2D eigenvalue weighted by molar-refractivity contribution is 5.43. The SMILES string of the molecule is CCN1CCC(NCC[C@@H]2CN(c3cnn(C)c(=O)c3)CCO2)CC1. The van der Waals surface area contributed by atoms with Crippen LogP contribution in [0.2, 0.25) is 0 Å². The molecule has 0 spiro atoms. The van der Waals surface area contributed by atoms with Gasteiger partial charge in [-0.3, -0.25) is 4.79 Å². The molecule has 140 valence electrons. The molecule has 2 aliphatic rings. The van der Waals surface area contributed by atoms with Crippen molar-refractivity contribution in [3.8, 4) is 0 Å². The third-order valence-corrected chi connectivity index (χ3v) is 5.39. The summed E-state index contributed by atoms with van der Waals surface area (Å²) in [5, 5.41) is 7.81. The second kappa shape index (κ2) is 8.78. The van der Waals surface area contributed by atoms with Gasteiger partial charge in [0.1, 0.15) is 0 Å². The van der Waals surface area contributed by atoms with Gasteiger partial charge >= 0.3 is 0 Å². The van der Waals surface area contributed by atoms with Crippen LogP contribution in [0.15, 0.2) is 17.1 Å². The molecule has 1 aromatic rings. The van der Waals surface area contributed by atoms with Gasteiger partial charge in [0, 0.05) is 32.2 Å². The standard InChI is InChI=1S/C18H31N5O2/c1-3-22-8-5-15(6-9-22)19-7-4-17-14-23(10-11-25-17)16-12-18(24)21(2)20-13-16/h12-13,15,17,19H,3-11,14H2,1-2H3/t17-/m1/s1. The molecule has 25 heavy (non-hydrogen) atoms. The van der Waals surface area contributed by atoms with E-state index in [1.54, 1.807) is 19.3 Å². The Balaban J connectivity index is 1.43. The summed E-state index contributed by atoms with van der Waals surface area (Å²) in [5.41, 5.74) is 0.830. The van der Waals surface area contributed by atoms with Crippen LogP contribution >= 0.6 is 0 Å². The first-order valence-corrected chi connectivity index (χ1v) is 9.51. The largest absolute Gasteiger partial charge is 0.374 e. The zero-order valence-electron chi connectivity index (χ0n) is 15.5. The molecule has 2 saturated heterocycles. The second-order valence-corrected chi connectivity index (χ2v) is 7.07. The summed E-state index contributed by atoms with van der Waals surface area (Å²) in [4.78, 5) is 16.5. The quantitative estimate of drug-likeness (QED) is 0.805. The number of aryl methyl sites for hydroxylation is 1. The van der Waals surface area contributed by atoms with E-state index in [-0.39, 0.29) is 11.7 Å². The van der Waals surface area contributed by atoms with Gasteiger partial charge < -0.3 is 19.9 Å². The molecular weight excluding hydrogens is 318 g/mol. The monoisotopic (exact) mass is 349 g/mol. The summed E-state index contributed by atoms with van der Waals surface area (Å²) >= 11 is 0. The molecular formula is C18H31N5O2. The molecule has 3 heterocycles. The number of nitrogens with one attached hydrogen (secondary N) is 1. The fourth-order valence-corrected chi connectivity index (χ4v) is 3.66. The van der Waals surface area contributed by atoms with E-state index in [9.17, 15) is 4.79 Å². The Labute approximate surface area is 149 Å². The van der Waals surface area contributed by atoms with Crippen molar-refractivity contribution in [3.05, 3.63) is 22.6 Å². The Bertz CT molecular complexity index is 597. The van der Waals surface area contributed by atoms with Crippen LogP contribution in [0, 0.1) is 0 Å². The fourth-order valence-electron chi connectivity index (χ4n) is 3.66. The molecule has 0 radical (unpaired) electrons. The van der Waals surface area contributed by atoms with Crippen LogP contribution in [0.5, 0.6) is 0 Å². The smallest absolute Gasteiger partial charge is 0.268 e. The Morgan fingerprint density at radius 3 is 2.84 bits per heavy atom. The maximum Gasteiger partial charge on any atom is 0.268 e. The lowest BCUT2D eigenvalue weighted by Crippen LogP contribution is -2.46. The molecule has 7 nitrogen and oxygen atoms in total. The van der Waals surface area contributed by atoms with Crippen molar-refractivity contribution < 1.29 is 4.74 Å². The Kier molecular flexibility index (Phi) is 6.45. The second-order valence-electron chi connectivity index (χ2n) is 7.07. The van der Waals surface area contributed by atoms with Crippen molar-refractivity contribution in [2.75, 3.05) is 50.8 Å². The first kappa shape index (κ1) is 18.4. The van der Waals surface area contributed by atoms with E-state index < -0.39 is 0 Å². The van der Waals surface area contributed by atoms with Crippen LogP contribution in [0.3, 0.4) is 0 Å². The van der Waals surface area contributed by atoms with Gasteiger partial charge in [0.25, 0.3) is 5.56 Å². The molecule has 0 bridgehead atoms. The van der Waals surface area contributed by atoms with E-state index in [1.165, 1.54) is 30.6 Å². The number of nitrogens with zero attached hydrogens (tertiary/aromatic N) is 4. The molecule has 0 amide bonds. The third-order valence-electron chi connectivity index (χ3n) is 5.39. The first-order valence-electron chi connectivity index (χ1n) is 9.51. The van der Waals surface area contributed by atoms with E-state index in [4.69, 9.17) is 4.74 Å². The maximum atomic E-state index is 11.8. The molecule has 2 fully saturated rings. The predicted octanol–water partition coefficient (Wildman–Crippen LogP) is 0.450. The van der Waals surface area contributed by atoms with Crippen LogP contribution in [-0.2, 0) is 11.8 Å². The molecule has 0 aromatic carbocycles. The van der Waals surface area contributed by atoms with E-state index in [0.29, 0.717) is 12.6 Å². The Morgan fingerprint density at radius 2 is 2.12 bits per heavy atom. The zero-order chi connectivity index (χ0) is 17.6. The molecule has 1 aromatic heterocycles. The number of morpholine rings is 1. The number of anilines is 1. The predicted molar refractivity (Wildman–Crippen MR) is 99.2 cm³/mol. The van der Waals surface area contributed by atoms with Crippen molar-refractivity contribution in [1.29, 1.82) is 0 Å². The normalized spacial score (nSPS) is 23.1. The van der Waals surface area contributed by atoms with Gasteiger partial charge in [0.15, 0.2) is 0 Å². The number of hydrogen-bond acceptors (Lipinski definition) is 6. The highest BCUT2D eigenvalue weighted by Gasteiger charge is 2.22.